The highest BCUT2D eigenvalue weighted by Gasteiger charge is 2.15. The lowest BCUT2D eigenvalue weighted by Crippen LogP contribution is -2.41. The van der Waals surface area contributed by atoms with Gasteiger partial charge in [-0.1, -0.05) is 31.4 Å². The van der Waals surface area contributed by atoms with Crippen molar-refractivity contribution < 1.29 is 9.47 Å². The van der Waals surface area contributed by atoms with Crippen LogP contribution in [0.4, 0.5) is 0 Å². The number of para-hydroxylation sites is 1. The molecule has 0 bridgehead atoms. The Balaban J connectivity index is 1.64. The van der Waals surface area contributed by atoms with Gasteiger partial charge in [0.05, 0.1) is 19.8 Å². The van der Waals surface area contributed by atoms with Crippen LogP contribution in [-0.2, 0) is 6.54 Å². The molecule has 5 nitrogen and oxygen atoms in total. The normalized spacial score (nSPS) is 19.5. The highest BCUT2D eigenvalue weighted by molar-refractivity contribution is 5.78. The number of ether oxygens (including phenoxy) is 2. The van der Waals surface area contributed by atoms with E-state index >= 15 is 0 Å². The summed E-state index contributed by atoms with van der Waals surface area (Å²) >= 11 is 0. The predicted molar refractivity (Wildman–Crippen MR) is 87.4 cm³/mol. The third-order valence-electron chi connectivity index (χ3n) is 4.23. The van der Waals surface area contributed by atoms with Crippen molar-refractivity contribution in [2.45, 2.75) is 51.1 Å². The number of guanidine groups is 1. The molecule has 2 aliphatic rings. The van der Waals surface area contributed by atoms with E-state index in [-0.39, 0.29) is 0 Å². The van der Waals surface area contributed by atoms with Crippen LogP contribution in [0.25, 0.3) is 0 Å². The van der Waals surface area contributed by atoms with Crippen LogP contribution in [0.15, 0.2) is 23.2 Å². The van der Waals surface area contributed by atoms with Crippen molar-refractivity contribution in [1.29, 1.82) is 0 Å². The zero-order valence-electron chi connectivity index (χ0n) is 13.0. The molecule has 0 radical (unpaired) electrons. The summed E-state index contributed by atoms with van der Waals surface area (Å²) in [5.74, 6) is 2.15. The maximum Gasteiger partial charge on any atom is 0.189 e. The zero-order valence-corrected chi connectivity index (χ0v) is 13.0. The SMILES string of the molecule is NC(=NCc1cccc2c1OCCCO2)NC1CCCCC1. The van der Waals surface area contributed by atoms with E-state index in [1.807, 2.05) is 18.2 Å². The van der Waals surface area contributed by atoms with Crippen molar-refractivity contribution in [1.82, 2.24) is 5.32 Å². The molecule has 3 N–H and O–H groups in total. The van der Waals surface area contributed by atoms with Crippen molar-refractivity contribution in [3.63, 3.8) is 0 Å². The number of fused-ring (bicyclic) bond motifs is 1. The molecule has 1 saturated carbocycles. The molecular weight excluding hydrogens is 278 g/mol. The number of benzene rings is 1. The maximum atomic E-state index is 6.03. The quantitative estimate of drug-likeness (QED) is 0.665. The van der Waals surface area contributed by atoms with E-state index < -0.39 is 0 Å². The third-order valence-corrected chi connectivity index (χ3v) is 4.23. The fourth-order valence-corrected chi connectivity index (χ4v) is 3.05. The highest BCUT2D eigenvalue weighted by Crippen LogP contribution is 2.33. The Hall–Kier alpha value is -1.91. The molecule has 1 aromatic rings. The van der Waals surface area contributed by atoms with Crippen molar-refractivity contribution in [3.8, 4) is 11.5 Å². The van der Waals surface area contributed by atoms with Gasteiger partial charge in [-0.3, -0.25) is 0 Å². The molecule has 0 aromatic heterocycles. The minimum Gasteiger partial charge on any atom is -0.490 e. The molecule has 1 aliphatic heterocycles. The lowest BCUT2D eigenvalue weighted by atomic mass is 9.96. The average molecular weight is 303 g/mol. The van der Waals surface area contributed by atoms with Crippen molar-refractivity contribution in [3.05, 3.63) is 23.8 Å². The first-order valence-electron chi connectivity index (χ1n) is 8.27. The first kappa shape index (κ1) is 15.0. The van der Waals surface area contributed by atoms with Gasteiger partial charge < -0.3 is 20.5 Å². The van der Waals surface area contributed by atoms with E-state index in [2.05, 4.69) is 10.3 Å². The first-order valence-corrected chi connectivity index (χ1v) is 8.27. The standard InChI is InChI=1S/C17H25N3O2/c18-17(20-14-7-2-1-3-8-14)19-12-13-6-4-9-15-16(13)22-11-5-10-21-15/h4,6,9,14H,1-3,5,7-8,10-12H2,(H3,18,19,20). The molecule has 3 rings (SSSR count). The van der Waals surface area contributed by atoms with Gasteiger partial charge in [-0.2, -0.15) is 0 Å². The van der Waals surface area contributed by atoms with Crippen LogP contribution in [0.2, 0.25) is 0 Å². The highest BCUT2D eigenvalue weighted by atomic mass is 16.5. The van der Waals surface area contributed by atoms with Gasteiger partial charge in [-0.25, -0.2) is 4.99 Å². The summed E-state index contributed by atoms with van der Waals surface area (Å²) in [4.78, 5) is 4.47. The van der Waals surface area contributed by atoms with Gasteiger partial charge in [-0.15, -0.1) is 0 Å². The molecule has 0 atom stereocenters. The number of aliphatic imine (C=N–C) groups is 1. The van der Waals surface area contributed by atoms with Crippen molar-refractivity contribution >= 4 is 5.96 Å². The van der Waals surface area contributed by atoms with Gasteiger partial charge in [0.1, 0.15) is 0 Å². The summed E-state index contributed by atoms with van der Waals surface area (Å²) in [6.07, 6.45) is 7.18. The van der Waals surface area contributed by atoms with Gasteiger partial charge >= 0.3 is 0 Å². The number of hydrogen-bond donors (Lipinski definition) is 2. The van der Waals surface area contributed by atoms with Crippen molar-refractivity contribution in [2.75, 3.05) is 13.2 Å². The molecule has 0 amide bonds. The molecule has 1 fully saturated rings. The molecule has 5 heteroatoms. The summed E-state index contributed by atoms with van der Waals surface area (Å²) in [7, 11) is 0. The minimum atomic E-state index is 0.477. The van der Waals surface area contributed by atoms with Gasteiger partial charge in [0.2, 0.25) is 0 Å². The summed E-state index contributed by atoms with van der Waals surface area (Å²) in [5.41, 5.74) is 7.05. The molecular formula is C17H25N3O2. The number of nitrogens with one attached hydrogen (secondary N) is 1. The van der Waals surface area contributed by atoms with Crippen LogP contribution in [-0.4, -0.2) is 25.2 Å². The van der Waals surface area contributed by atoms with Crippen LogP contribution in [0, 0.1) is 0 Å². The summed E-state index contributed by atoms with van der Waals surface area (Å²) < 4.78 is 11.5. The van der Waals surface area contributed by atoms with E-state index in [4.69, 9.17) is 15.2 Å². The predicted octanol–water partition coefficient (Wildman–Crippen LogP) is 2.58. The maximum absolute atomic E-state index is 6.03. The van der Waals surface area contributed by atoms with E-state index in [9.17, 15) is 0 Å². The second-order valence-corrected chi connectivity index (χ2v) is 5.98. The molecule has 0 saturated heterocycles. The topological polar surface area (TPSA) is 68.9 Å². The molecule has 22 heavy (non-hydrogen) atoms. The van der Waals surface area contributed by atoms with Gasteiger partial charge in [0, 0.05) is 18.0 Å². The van der Waals surface area contributed by atoms with Crippen LogP contribution in [0.5, 0.6) is 11.5 Å². The van der Waals surface area contributed by atoms with E-state index in [1.165, 1.54) is 32.1 Å². The fourth-order valence-electron chi connectivity index (χ4n) is 3.05. The third kappa shape index (κ3) is 3.84. The Morgan fingerprint density at radius 2 is 1.95 bits per heavy atom. The van der Waals surface area contributed by atoms with Gasteiger partial charge in [0.15, 0.2) is 17.5 Å². The molecule has 1 heterocycles. The van der Waals surface area contributed by atoms with E-state index in [0.29, 0.717) is 31.8 Å². The van der Waals surface area contributed by atoms with Crippen LogP contribution < -0.4 is 20.5 Å². The van der Waals surface area contributed by atoms with E-state index in [1.54, 1.807) is 0 Å². The number of nitrogens with zero attached hydrogens (tertiary/aromatic N) is 1. The summed E-state index contributed by atoms with van der Waals surface area (Å²) in [6.45, 7) is 1.90. The molecule has 120 valence electrons. The zero-order chi connectivity index (χ0) is 15.2. The smallest absolute Gasteiger partial charge is 0.189 e. The lowest BCUT2D eigenvalue weighted by Gasteiger charge is -2.23. The fraction of sp³-hybridized carbons (Fsp3) is 0.588. The minimum absolute atomic E-state index is 0.477. The van der Waals surface area contributed by atoms with E-state index in [0.717, 1.165) is 23.5 Å². The largest absolute Gasteiger partial charge is 0.490 e. The Morgan fingerprint density at radius 3 is 2.82 bits per heavy atom. The van der Waals surface area contributed by atoms with Crippen LogP contribution in [0.3, 0.4) is 0 Å². The number of nitrogens with two attached hydrogens (primary N) is 1. The van der Waals surface area contributed by atoms with Crippen LogP contribution >= 0.6 is 0 Å². The Bertz CT molecular complexity index is 525. The summed E-state index contributed by atoms with van der Waals surface area (Å²) in [6, 6.07) is 6.41. The summed E-state index contributed by atoms with van der Waals surface area (Å²) in [5, 5.41) is 3.34. The monoisotopic (exact) mass is 303 g/mol. The van der Waals surface area contributed by atoms with Crippen molar-refractivity contribution in [2.24, 2.45) is 10.7 Å². The van der Waals surface area contributed by atoms with Crippen LogP contribution in [0.1, 0.15) is 44.1 Å². The molecule has 0 spiro atoms. The Morgan fingerprint density at radius 1 is 1.14 bits per heavy atom. The second-order valence-electron chi connectivity index (χ2n) is 5.98. The first-order chi connectivity index (χ1) is 10.8. The molecule has 1 aliphatic carbocycles. The second kappa shape index (κ2) is 7.38. The molecule has 0 unspecified atom stereocenters. The molecule has 1 aromatic carbocycles. The number of rotatable bonds is 3. The number of hydrogen-bond acceptors (Lipinski definition) is 3. The average Bonchev–Trinajstić information content (AvgIpc) is 2.79. The lowest BCUT2D eigenvalue weighted by molar-refractivity contribution is 0.296. The Labute approximate surface area is 131 Å². The van der Waals surface area contributed by atoms with Gasteiger partial charge in [-0.05, 0) is 18.9 Å². The van der Waals surface area contributed by atoms with Gasteiger partial charge in [0.25, 0.3) is 0 Å². The Kier molecular flexibility index (Phi) is 5.03.